The summed E-state index contributed by atoms with van der Waals surface area (Å²) in [5, 5.41) is 21.1. The summed E-state index contributed by atoms with van der Waals surface area (Å²) in [6.07, 6.45) is 7.16. The summed E-state index contributed by atoms with van der Waals surface area (Å²) >= 11 is 0. The van der Waals surface area contributed by atoms with Gasteiger partial charge in [0.05, 0.1) is 18.3 Å². The lowest BCUT2D eigenvalue weighted by Gasteiger charge is -2.26. The van der Waals surface area contributed by atoms with Gasteiger partial charge in [-0.25, -0.2) is 9.07 Å². The minimum atomic E-state index is -0.830. The van der Waals surface area contributed by atoms with E-state index in [4.69, 9.17) is 0 Å². The van der Waals surface area contributed by atoms with E-state index in [-0.39, 0.29) is 24.0 Å². The Kier molecular flexibility index (Phi) is 5.43. The summed E-state index contributed by atoms with van der Waals surface area (Å²) in [5.41, 5.74) is 0.0993. The van der Waals surface area contributed by atoms with Crippen LogP contribution < -0.4 is 5.32 Å². The highest BCUT2D eigenvalue weighted by Crippen LogP contribution is 2.26. The molecule has 6 nitrogen and oxygen atoms in total. The molecular formula is C18H23FN4O2. The molecule has 1 fully saturated rings. The van der Waals surface area contributed by atoms with Crippen LogP contribution in [-0.2, 0) is 6.54 Å². The topological polar surface area (TPSA) is 80.0 Å². The molecule has 1 heterocycles. The fraction of sp³-hybridized carbons (Fsp3) is 0.500. The molecule has 0 saturated heterocycles. The third-order valence-corrected chi connectivity index (χ3v) is 4.62. The maximum Gasteiger partial charge on any atom is 0.273 e. The second kappa shape index (κ2) is 7.74. The number of hydrogen-bond donors (Lipinski definition) is 2. The first-order valence-corrected chi connectivity index (χ1v) is 8.69. The first kappa shape index (κ1) is 17.5. The van der Waals surface area contributed by atoms with Crippen LogP contribution in [0, 0.1) is 5.82 Å². The van der Waals surface area contributed by atoms with Gasteiger partial charge >= 0.3 is 0 Å². The van der Waals surface area contributed by atoms with E-state index in [1.807, 2.05) is 0 Å². The summed E-state index contributed by atoms with van der Waals surface area (Å²) in [5.74, 6) is -0.671. The number of hydrogen-bond acceptors (Lipinski definition) is 4. The molecule has 134 valence electrons. The quantitative estimate of drug-likeness (QED) is 0.814. The average Bonchev–Trinajstić information content (AvgIpc) is 2.94. The van der Waals surface area contributed by atoms with Crippen molar-refractivity contribution in [2.75, 3.05) is 6.54 Å². The van der Waals surface area contributed by atoms with Gasteiger partial charge in [0.1, 0.15) is 5.82 Å². The zero-order valence-corrected chi connectivity index (χ0v) is 14.1. The number of carbonyl (C=O) groups excluding carboxylic acids is 1. The van der Waals surface area contributed by atoms with Gasteiger partial charge in [-0.05, 0) is 30.5 Å². The Bertz CT molecular complexity index is 723. The van der Waals surface area contributed by atoms with Crippen molar-refractivity contribution < 1.29 is 14.3 Å². The standard InChI is InChI=1S/C18H23FN4O2/c19-15-7-5-6-14(10-15)11-23-12-16(21-22-23)17(24)20-13-18(25)8-3-1-2-4-9-18/h5-7,10,12,25H,1-4,8-9,11,13H2,(H,20,24). The van der Waals surface area contributed by atoms with E-state index < -0.39 is 5.60 Å². The second-order valence-corrected chi connectivity index (χ2v) is 6.75. The number of nitrogens with one attached hydrogen (secondary N) is 1. The Hall–Kier alpha value is -2.28. The van der Waals surface area contributed by atoms with Crippen molar-refractivity contribution >= 4 is 5.91 Å². The number of halogens is 1. The van der Waals surface area contributed by atoms with Gasteiger partial charge in [-0.1, -0.05) is 43.0 Å². The lowest BCUT2D eigenvalue weighted by Crippen LogP contribution is -2.42. The molecule has 1 aliphatic rings. The van der Waals surface area contributed by atoms with Gasteiger partial charge < -0.3 is 10.4 Å². The molecule has 1 amide bonds. The van der Waals surface area contributed by atoms with Gasteiger partial charge in [-0.15, -0.1) is 5.10 Å². The van der Waals surface area contributed by atoms with E-state index in [1.54, 1.807) is 12.1 Å². The summed E-state index contributed by atoms with van der Waals surface area (Å²) in [6, 6.07) is 6.21. The molecule has 25 heavy (non-hydrogen) atoms. The molecule has 0 bridgehead atoms. The first-order chi connectivity index (χ1) is 12.0. The summed E-state index contributed by atoms with van der Waals surface area (Å²) in [7, 11) is 0. The molecule has 0 atom stereocenters. The lowest BCUT2D eigenvalue weighted by molar-refractivity contribution is 0.0246. The maximum absolute atomic E-state index is 13.2. The minimum Gasteiger partial charge on any atom is -0.388 e. The Morgan fingerprint density at radius 2 is 2.04 bits per heavy atom. The normalized spacial score (nSPS) is 17.0. The Balaban J connectivity index is 1.57. The third kappa shape index (κ3) is 4.85. The Morgan fingerprint density at radius 1 is 1.28 bits per heavy atom. The smallest absolute Gasteiger partial charge is 0.273 e. The van der Waals surface area contributed by atoms with E-state index in [2.05, 4.69) is 15.6 Å². The van der Waals surface area contributed by atoms with Crippen LogP contribution in [0.5, 0.6) is 0 Å². The van der Waals surface area contributed by atoms with E-state index in [0.29, 0.717) is 19.4 Å². The first-order valence-electron chi connectivity index (χ1n) is 8.69. The van der Waals surface area contributed by atoms with Gasteiger partial charge in [0, 0.05) is 6.54 Å². The molecule has 0 aliphatic heterocycles. The Morgan fingerprint density at radius 3 is 2.76 bits per heavy atom. The van der Waals surface area contributed by atoms with Crippen molar-refractivity contribution in [2.24, 2.45) is 0 Å². The van der Waals surface area contributed by atoms with Crippen molar-refractivity contribution in [3.8, 4) is 0 Å². The van der Waals surface area contributed by atoms with Gasteiger partial charge in [-0.3, -0.25) is 4.79 Å². The van der Waals surface area contributed by atoms with Gasteiger partial charge in [0.15, 0.2) is 5.69 Å². The number of aliphatic hydroxyl groups is 1. The van der Waals surface area contributed by atoms with Gasteiger partial charge in [-0.2, -0.15) is 0 Å². The molecule has 1 saturated carbocycles. The van der Waals surface area contributed by atoms with Crippen molar-refractivity contribution in [2.45, 2.75) is 50.7 Å². The van der Waals surface area contributed by atoms with Crippen molar-refractivity contribution in [1.29, 1.82) is 0 Å². The number of nitrogens with zero attached hydrogens (tertiary/aromatic N) is 3. The van der Waals surface area contributed by atoms with E-state index in [9.17, 15) is 14.3 Å². The van der Waals surface area contributed by atoms with Crippen LogP contribution >= 0.6 is 0 Å². The monoisotopic (exact) mass is 346 g/mol. The predicted octanol–water partition coefficient (Wildman–Crippen LogP) is 2.28. The highest BCUT2D eigenvalue weighted by Gasteiger charge is 2.28. The zero-order chi connectivity index (χ0) is 17.7. The number of carbonyl (C=O) groups is 1. The van der Waals surface area contributed by atoms with Gasteiger partial charge in [0.25, 0.3) is 5.91 Å². The molecule has 0 spiro atoms. The number of amides is 1. The molecule has 7 heteroatoms. The van der Waals surface area contributed by atoms with E-state index >= 15 is 0 Å². The molecule has 3 rings (SSSR count). The highest BCUT2D eigenvalue weighted by molar-refractivity contribution is 5.91. The van der Waals surface area contributed by atoms with Crippen LogP contribution in [0.25, 0.3) is 0 Å². The number of aromatic nitrogens is 3. The van der Waals surface area contributed by atoms with E-state index in [0.717, 1.165) is 31.2 Å². The van der Waals surface area contributed by atoms with Crippen LogP contribution in [0.4, 0.5) is 4.39 Å². The summed E-state index contributed by atoms with van der Waals surface area (Å²) in [6.45, 7) is 0.560. The molecule has 0 radical (unpaired) electrons. The fourth-order valence-electron chi connectivity index (χ4n) is 3.20. The van der Waals surface area contributed by atoms with Crippen LogP contribution in [0.2, 0.25) is 0 Å². The predicted molar refractivity (Wildman–Crippen MR) is 90.5 cm³/mol. The molecule has 1 aromatic carbocycles. The summed E-state index contributed by atoms with van der Waals surface area (Å²) < 4.78 is 14.7. The Labute approximate surface area is 146 Å². The molecule has 1 aromatic heterocycles. The van der Waals surface area contributed by atoms with Crippen molar-refractivity contribution in [3.63, 3.8) is 0 Å². The average molecular weight is 346 g/mol. The van der Waals surface area contributed by atoms with Crippen molar-refractivity contribution in [3.05, 3.63) is 47.5 Å². The largest absolute Gasteiger partial charge is 0.388 e. The second-order valence-electron chi connectivity index (χ2n) is 6.75. The SMILES string of the molecule is O=C(NCC1(O)CCCCCC1)c1cn(Cc2cccc(F)c2)nn1. The van der Waals surface area contributed by atoms with Crippen LogP contribution in [0.3, 0.4) is 0 Å². The van der Waals surface area contributed by atoms with Gasteiger partial charge in [0.2, 0.25) is 0 Å². The fourth-order valence-corrected chi connectivity index (χ4v) is 3.20. The lowest BCUT2D eigenvalue weighted by atomic mass is 9.94. The maximum atomic E-state index is 13.2. The molecule has 2 N–H and O–H groups in total. The summed E-state index contributed by atoms with van der Waals surface area (Å²) in [4.78, 5) is 12.2. The zero-order valence-electron chi connectivity index (χ0n) is 14.1. The van der Waals surface area contributed by atoms with Crippen LogP contribution in [0.15, 0.2) is 30.5 Å². The van der Waals surface area contributed by atoms with E-state index in [1.165, 1.54) is 23.0 Å². The number of benzene rings is 1. The van der Waals surface area contributed by atoms with Crippen LogP contribution in [-0.4, -0.2) is 38.2 Å². The molecule has 2 aromatic rings. The molecule has 0 unspecified atom stereocenters. The number of rotatable bonds is 5. The highest BCUT2D eigenvalue weighted by atomic mass is 19.1. The van der Waals surface area contributed by atoms with Crippen LogP contribution in [0.1, 0.15) is 54.6 Å². The van der Waals surface area contributed by atoms with Crippen molar-refractivity contribution in [1.82, 2.24) is 20.3 Å². The molecular weight excluding hydrogens is 323 g/mol. The molecule has 1 aliphatic carbocycles. The minimum absolute atomic E-state index is 0.189. The third-order valence-electron chi connectivity index (χ3n) is 4.62.